The number of hydrogen-bond acceptors (Lipinski definition) is 4. The van der Waals surface area contributed by atoms with Crippen molar-refractivity contribution in [2.24, 2.45) is 0 Å². The molecule has 3 rings (SSSR count). The van der Waals surface area contributed by atoms with Crippen LogP contribution in [-0.2, 0) is 16.1 Å². The number of benzene rings is 1. The van der Waals surface area contributed by atoms with Crippen molar-refractivity contribution in [3.05, 3.63) is 41.2 Å². The number of aryl methyl sites for hydroxylation is 2. The van der Waals surface area contributed by atoms with Crippen molar-refractivity contribution in [3.8, 4) is 0 Å². The van der Waals surface area contributed by atoms with Crippen LogP contribution in [0.25, 0.3) is 0 Å². The molecule has 1 aromatic heterocycles. The van der Waals surface area contributed by atoms with Gasteiger partial charge in [-0.15, -0.1) is 0 Å². The zero-order chi connectivity index (χ0) is 20.3. The van der Waals surface area contributed by atoms with E-state index < -0.39 is 6.04 Å². The highest BCUT2D eigenvalue weighted by Gasteiger charge is 2.28. The van der Waals surface area contributed by atoms with Crippen LogP contribution in [-0.4, -0.2) is 33.5 Å². The van der Waals surface area contributed by atoms with Gasteiger partial charge in [0.15, 0.2) is 0 Å². The van der Waals surface area contributed by atoms with Gasteiger partial charge >= 0.3 is 0 Å². The fourth-order valence-electron chi connectivity index (χ4n) is 3.30. The molecular weight excluding hydrogens is 358 g/mol. The molecule has 0 spiro atoms. The second kappa shape index (κ2) is 8.24. The van der Waals surface area contributed by atoms with Gasteiger partial charge in [-0.3, -0.25) is 19.1 Å². The molecule has 0 saturated carbocycles. The lowest BCUT2D eigenvalue weighted by Gasteiger charge is -2.14. The number of nitrogens with zero attached hydrogens (tertiary/aromatic N) is 2. The molecule has 0 saturated heterocycles. The van der Waals surface area contributed by atoms with E-state index in [1.165, 1.54) is 0 Å². The van der Waals surface area contributed by atoms with Crippen LogP contribution in [0, 0.1) is 13.8 Å². The minimum Gasteiger partial charge on any atom is -0.340 e. The molecule has 3 amide bonds. The van der Waals surface area contributed by atoms with Gasteiger partial charge in [0.1, 0.15) is 6.04 Å². The Morgan fingerprint density at radius 2 is 2.00 bits per heavy atom. The lowest BCUT2D eigenvalue weighted by atomic mass is 10.1. The van der Waals surface area contributed by atoms with Crippen molar-refractivity contribution < 1.29 is 14.4 Å². The molecule has 0 aliphatic carbocycles. The van der Waals surface area contributed by atoms with E-state index in [4.69, 9.17) is 0 Å². The number of carbonyl (C=O) groups excluding carboxylic acids is 3. The van der Waals surface area contributed by atoms with Gasteiger partial charge in [0.05, 0.1) is 28.3 Å². The third kappa shape index (κ3) is 4.05. The Kier molecular flexibility index (Phi) is 5.77. The number of fused-ring (bicyclic) bond motifs is 1. The van der Waals surface area contributed by atoms with Gasteiger partial charge in [0.2, 0.25) is 11.8 Å². The maximum absolute atomic E-state index is 12.4. The molecule has 0 unspecified atom stereocenters. The molecule has 0 bridgehead atoms. The molecule has 8 nitrogen and oxygen atoms in total. The summed E-state index contributed by atoms with van der Waals surface area (Å²) >= 11 is 0. The SMILES string of the molecule is CCCn1nc(C)c(NC(=O)CC[C@H]2NC(=O)c3ccccc3NC2=O)c1C. The lowest BCUT2D eigenvalue weighted by Crippen LogP contribution is -2.41. The van der Waals surface area contributed by atoms with Gasteiger partial charge in [-0.05, 0) is 38.8 Å². The molecule has 28 heavy (non-hydrogen) atoms. The van der Waals surface area contributed by atoms with E-state index in [-0.39, 0.29) is 30.6 Å². The summed E-state index contributed by atoms with van der Waals surface area (Å²) in [6.45, 7) is 6.63. The average molecular weight is 383 g/mol. The first-order valence-electron chi connectivity index (χ1n) is 9.45. The third-order valence-electron chi connectivity index (χ3n) is 4.79. The zero-order valence-corrected chi connectivity index (χ0v) is 16.3. The van der Waals surface area contributed by atoms with Gasteiger partial charge < -0.3 is 16.0 Å². The number of anilines is 2. The van der Waals surface area contributed by atoms with E-state index in [9.17, 15) is 14.4 Å². The maximum atomic E-state index is 12.4. The second-order valence-electron chi connectivity index (χ2n) is 6.92. The van der Waals surface area contributed by atoms with Crippen molar-refractivity contribution in [1.29, 1.82) is 0 Å². The van der Waals surface area contributed by atoms with Gasteiger partial charge in [-0.1, -0.05) is 19.1 Å². The zero-order valence-electron chi connectivity index (χ0n) is 16.3. The Hall–Kier alpha value is -3.16. The lowest BCUT2D eigenvalue weighted by molar-refractivity contribution is -0.118. The molecule has 2 aromatic rings. The Morgan fingerprint density at radius 1 is 1.25 bits per heavy atom. The second-order valence-corrected chi connectivity index (χ2v) is 6.92. The van der Waals surface area contributed by atoms with E-state index in [1.807, 2.05) is 18.5 Å². The van der Waals surface area contributed by atoms with Crippen molar-refractivity contribution in [1.82, 2.24) is 15.1 Å². The summed E-state index contributed by atoms with van der Waals surface area (Å²) in [6.07, 6.45) is 1.26. The van der Waals surface area contributed by atoms with Crippen LogP contribution in [0.3, 0.4) is 0 Å². The maximum Gasteiger partial charge on any atom is 0.254 e. The average Bonchev–Trinajstić information content (AvgIpc) is 2.85. The van der Waals surface area contributed by atoms with Crippen LogP contribution in [0.4, 0.5) is 11.4 Å². The summed E-state index contributed by atoms with van der Waals surface area (Å²) in [4.78, 5) is 37.2. The highest BCUT2D eigenvalue weighted by atomic mass is 16.2. The van der Waals surface area contributed by atoms with E-state index in [0.717, 1.165) is 24.4 Å². The summed E-state index contributed by atoms with van der Waals surface area (Å²) < 4.78 is 1.88. The molecule has 0 radical (unpaired) electrons. The van der Waals surface area contributed by atoms with Crippen LogP contribution >= 0.6 is 0 Å². The molecular formula is C20H25N5O3. The van der Waals surface area contributed by atoms with Crippen molar-refractivity contribution in [3.63, 3.8) is 0 Å². The molecule has 1 aliphatic heterocycles. The number of rotatable bonds is 6. The topological polar surface area (TPSA) is 105 Å². The Bertz CT molecular complexity index is 919. The number of amides is 3. The number of carbonyl (C=O) groups is 3. The van der Waals surface area contributed by atoms with Crippen molar-refractivity contribution in [2.45, 2.75) is 52.6 Å². The summed E-state index contributed by atoms with van der Waals surface area (Å²) in [5.41, 5.74) is 3.27. The summed E-state index contributed by atoms with van der Waals surface area (Å²) in [5, 5.41) is 12.8. The molecule has 1 aromatic carbocycles. The summed E-state index contributed by atoms with van der Waals surface area (Å²) in [5.74, 6) is -0.868. The third-order valence-corrected chi connectivity index (χ3v) is 4.79. The Labute approximate surface area is 163 Å². The quantitative estimate of drug-likeness (QED) is 0.712. The number of hydrogen-bond donors (Lipinski definition) is 3. The van der Waals surface area contributed by atoms with Crippen LogP contribution < -0.4 is 16.0 Å². The van der Waals surface area contributed by atoms with Crippen molar-refractivity contribution in [2.75, 3.05) is 10.6 Å². The van der Waals surface area contributed by atoms with Crippen LogP contribution in [0.2, 0.25) is 0 Å². The normalized spacial score (nSPS) is 16.0. The van der Waals surface area contributed by atoms with Gasteiger partial charge in [0.25, 0.3) is 5.91 Å². The first kappa shape index (κ1) is 19.6. The van der Waals surface area contributed by atoms with Gasteiger partial charge in [0, 0.05) is 13.0 Å². The Morgan fingerprint density at radius 3 is 2.75 bits per heavy atom. The minimum absolute atomic E-state index is 0.104. The molecule has 1 atom stereocenters. The van der Waals surface area contributed by atoms with E-state index in [1.54, 1.807) is 24.3 Å². The van der Waals surface area contributed by atoms with Crippen LogP contribution in [0.15, 0.2) is 24.3 Å². The number of para-hydroxylation sites is 1. The first-order chi connectivity index (χ1) is 13.4. The van der Waals surface area contributed by atoms with Crippen LogP contribution in [0.1, 0.15) is 47.9 Å². The van der Waals surface area contributed by atoms with Gasteiger partial charge in [-0.25, -0.2) is 0 Å². The monoisotopic (exact) mass is 383 g/mol. The van der Waals surface area contributed by atoms with Gasteiger partial charge in [-0.2, -0.15) is 5.10 Å². The standard InChI is InChI=1S/C20H25N5O3/c1-4-11-25-13(3)18(12(2)24-25)23-17(26)10-9-16-20(28)21-15-8-6-5-7-14(15)19(27)22-16/h5-8,16H,4,9-11H2,1-3H3,(H,21,28)(H,22,27)(H,23,26)/t16-/m1/s1. The minimum atomic E-state index is -0.768. The molecule has 0 fully saturated rings. The number of aromatic nitrogens is 2. The predicted octanol–water partition coefficient (Wildman–Crippen LogP) is 2.38. The molecule has 148 valence electrons. The largest absolute Gasteiger partial charge is 0.340 e. The van der Waals surface area contributed by atoms with E-state index >= 15 is 0 Å². The molecule has 2 heterocycles. The molecule has 8 heteroatoms. The van der Waals surface area contributed by atoms with Crippen LogP contribution in [0.5, 0.6) is 0 Å². The fourth-order valence-corrected chi connectivity index (χ4v) is 3.30. The highest BCUT2D eigenvalue weighted by molar-refractivity contribution is 6.10. The Balaban J connectivity index is 1.62. The number of nitrogens with one attached hydrogen (secondary N) is 3. The first-order valence-corrected chi connectivity index (χ1v) is 9.45. The molecule has 1 aliphatic rings. The fraction of sp³-hybridized carbons (Fsp3) is 0.400. The summed E-state index contributed by atoms with van der Waals surface area (Å²) in [6, 6.07) is 6.06. The van der Waals surface area contributed by atoms with E-state index in [2.05, 4.69) is 28.0 Å². The van der Waals surface area contributed by atoms with E-state index in [0.29, 0.717) is 16.9 Å². The van der Waals surface area contributed by atoms with Crippen molar-refractivity contribution >= 4 is 29.1 Å². The smallest absolute Gasteiger partial charge is 0.254 e. The predicted molar refractivity (Wildman–Crippen MR) is 106 cm³/mol. The molecule has 3 N–H and O–H groups in total. The summed E-state index contributed by atoms with van der Waals surface area (Å²) in [7, 11) is 0. The highest BCUT2D eigenvalue weighted by Crippen LogP contribution is 2.21.